The van der Waals surface area contributed by atoms with Gasteiger partial charge in [-0.05, 0) is 37.1 Å². The molecule has 3 aliphatic rings. The van der Waals surface area contributed by atoms with E-state index >= 15 is 0 Å². The van der Waals surface area contributed by atoms with Gasteiger partial charge in [-0.2, -0.15) is 4.31 Å². The van der Waals surface area contributed by atoms with Gasteiger partial charge >= 0.3 is 6.03 Å². The van der Waals surface area contributed by atoms with Crippen molar-refractivity contribution < 1.29 is 22.8 Å². The second-order valence-corrected chi connectivity index (χ2v) is 10.6. The van der Waals surface area contributed by atoms with Crippen LogP contribution >= 0.6 is 11.3 Å². The first-order chi connectivity index (χ1) is 13.2. The Morgan fingerprint density at radius 3 is 2.50 bits per heavy atom. The van der Waals surface area contributed by atoms with Crippen LogP contribution in [0.15, 0.2) is 21.7 Å². The van der Waals surface area contributed by atoms with Gasteiger partial charge in [0.25, 0.3) is 15.9 Å². The van der Waals surface area contributed by atoms with Gasteiger partial charge in [-0.1, -0.05) is 6.07 Å². The quantitative estimate of drug-likeness (QED) is 0.682. The Labute approximate surface area is 167 Å². The van der Waals surface area contributed by atoms with E-state index in [1.165, 1.54) is 9.21 Å². The first kappa shape index (κ1) is 19.3. The van der Waals surface area contributed by atoms with Gasteiger partial charge in [0.1, 0.15) is 16.3 Å². The number of rotatable bonds is 5. The van der Waals surface area contributed by atoms with Crippen molar-refractivity contribution in [1.29, 1.82) is 0 Å². The molecule has 1 N–H and O–H groups in total. The lowest BCUT2D eigenvalue weighted by Crippen LogP contribution is -2.53. The number of amides is 4. The maximum Gasteiger partial charge on any atom is 0.325 e. The number of carbonyl (C=O) groups excluding carboxylic acids is 3. The third-order valence-corrected chi connectivity index (χ3v) is 8.94. The Bertz CT molecular complexity index is 904. The minimum atomic E-state index is -3.54. The van der Waals surface area contributed by atoms with Gasteiger partial charge in [0.15, 0.2) is 0 Å². The largest absolute Gasteiger partial charge is 0.338 e. The smallest absolute Gasteiger partial charge is 0.325 e. The third-order valence-electron chi connectivity index (χ3n) is 5.67. The van der Waals surface area contributed by atoms with Crippen molar-refractivity contribution in [1.82, 2.24) is 19.4 Å². The lowest BCUT2D eigenvalue weighted by molar-refractivity contribution is -0.139. The first-order valence-electron chi connectivity index (χ1n) is 9.19. The molecular weight excluding hydrogens is 404 g/mol. The summed E-state index contributed by atoms with van der Waals surface area (Å²) in [4.78, 5) is 39.9. The molecule has 1 saturated carbocycles. The van der Waals surface area contributed by atoms with Crippen LogP contribution in [0.2, 0.25) is 0 Å². The molecule has 4 rings (SSSR count). The van der Waals surface area contributed by atoms with E-state index in [1.807, 2.05) is 0 Å². The van der Waals surface area contributed by atoms with E-state index in [-0.39, 0.29) is 54.7 Å². The van der Waals surface area contributed by atoms with Gasteiger partial charge in [0, 0.05) is 26.2 Å². The fraction of sp³-hybridized carbons (Fsp3) is 0.588. The predicted octanol–water partition coefficient (Wildman–Crippen LogP) is 0.302. The molecule has 2 aliphatic heterocycles. The van der Waals surface area contributed by atoms with Crippen LogP contribution in [0.3, 0.4) is 0 Å². The fourth-order valence-electron chi connectivity index (χ4n) is 3.75. The summed E-state index contributed by atoms with van der Waals surface area (Å²) in [6, 6.07) is 2.71. The SMILES string of the molecule is CC1(C2CC2)NC(=O)N(CC(=O)N2CCN(S(=O)(=O)c3cccs3)CC2)C1=O. The Morgan fingerprint density at radius 2 is 1.93 bits per heavy atom. The molecule has 3 fully saturated rings. The lowest BCUT2D eigenvalue weighted by Gasteiger charge is -2.34. The van der Waals surface area contributed by atoms with Crippen LogP contribution in [0.25, 0.3) is 0 Å². The number of hydrogen-bond donors (Lipinski definition) is 1. The Balaban J connectivity index is 1.36. The molecule has 11 heteroatoms. The number of thiophene rings is 1. The van der Waals surface area contributed by atoms with E-state index in [1.54, 1.807) is 24.4 Å². The first-order valence-corrected chi connectivity index (χ1v) is 11.5. The van der Waals surface area contributed by atoms with Crippen molar-refractivity contribution in [2.75, 3.05) is 32.7 Å². The van der Waals surface area contributed by atoms with Crippen LogP contribution < -0.4 is 5.32 Å². The summed E-state index contributed by atoms with van der Waals surface area (Å²) >= 11 is 1.16. The lowest BCUT2D eigenvalue weighted by atomic mass is 9.96. The minimum Gasteiger partial charge on any atom is -0.338 e. The van der Waals surface area contributed by atoms with Gasteiger partial charge in [-0.3, -0.25) is 14.5 Å². The van der Waals surface area contributed by atoms with Crippen LogP contribution in [0.1, 0.15) is 19.8 Å². The molecule has 152 valence electrons. The molecule has 3 heterocycles. The molecule has 0 aromatic carbocycles. The van der Waals surface area contributed by atoms with Gasteiger partial charge in [0.2, 0.25) is 5.91 Å². The zero-order chi connectivity index (χ0) is 20.1. The topological polar surface area (TPSA) is 107 Å². The Hall–Kier alpha value is -1.98. The molecule has 1 unspecified atom stereocenters. The Morgan fingerprint density at radius 1 is 1.25 bits per heavy atom. The van der Waals surface area contributed by atoms with Crippen molar-refractivity contribution in [3.05, 3.63) is 17.5 Å². The number of carbonyl (C=O) groups is 3. The highest BCUT2D eigenvalue weighted by Crippen LogP contribution is 2.42. The molecule has 1 aromatic heterocycles. The molecule has 28 heavy (non-hydrogen) atoms. The molecule has 1 aliphatic carbocycles. The fourth-order valence-corrected chi connectivity index (χ4v) is 6.31. The Kier molecular flexibility index (Phi) is 4.71. The van der Waals surface area contributed by atoms with Crippen molar-refractivity contribution in [3.8, 4) is 0 Å². The summed E-state index contributed by atoms with van der Waals surface area (Å²) in [6.45, 7) is 2.23. The van der Waals surface area contributed by atoms with E-state index in [0.29, 0.717) is 0 Å². The second kappa shape index (κ2) is 6.82. The van der Waals surface area contributed by atoms with Crippen molar-refractivity contribution in [2.24, 2.45) is 5.92 Å². The summed E-state index contributed by atoms with van der Waals surface area (Å²) < 4.78 is 26.8. The van der Waals surface area contributed by atoms with Crippen LogP contribution in [0.5, 0.6) is 0 Å². The number of hydrogen-bond acceptors (Lipinski definition) is 6. The molecule has 1 aromatic rings. The molecule has 0 bridgehead atoms. The molecule has 0 radical (unpaired) electrons. The number of imide groups is 1. The monoisotopic (exact) mass is 426 g/mol. The maximum absolute atomic E-state index is 12.6. The highest BCUT2D eigenvalue weighted by molar-refractivity contribution is 7.91. The summed E-state index contributed by atoms with van der Waals surface area (Å²) in [5.41, 5.74) is -0.912. The molecule has 0 spiro atoms. The summed E-state index contributed by atoms with van der Waals surface area (Å²) in [7, 11) is -3.54. The van der Waals surface area contributed by atoms with Gasteiger partial charge in [-0.15, -0.1) is 11.3 Å². The van der Waals surface area contributed by atoms with Crippen LogP contribution in [0.4, 0.5) is 4.79 Å². The van der Waals surface area contributed by atoms with E-state index in [0.717, 1.165) is 29.1 Å². The van der Waals surface area contributed by atoms with Gasteiger partial charge in [-0.25, -0.2) is 13.2 Å². The van der Waals surface area contributed by atoms with Crippen LogP contribution in [0, 0.1) is 5.92 Å². The van der Waals surface area contributed by atoms with E-state index in [4.69, 9.17) is 0 Å². The number of nitrogens with one attached hydrogen (secondary N) is 1. The molecule has 4 amide bonds. The van der Waals surface area contributed by atoms with Crippen molar-refractivity contribution in [2.45, 2.75) is 29.5 Å². The summed E-state index contributed by atoms with van der Waals surface area (Å²) in [5.74, 6) is -0.570. The average Bonchev–Trinajstić information content (AvgIpc) is 3.34. The predicted molar refractivity (Wildman–Crippen MR) is 101 cm³/mol. The van der Waals surface area contributed by atoms with Crippen molar-refractivity contribution in [3.63, 3.8) is 0 Å². The van der Waals surface area contributed by atoms with Gasteiger partial charge in [0.05, 0.1) is 0 Å². The standard InChI is InChI=1S/C17H22N4O5S2/c1-17(12-4-5-12)15(23)21(16(24)18-17)11-13(22)19-6-8-20(9-7-19)28(25,26)14-3-2-10-27-14/h2-3,10,12H,4-9,11H2,1H3,(H,18,24). The number of nitrogens with zero attached hydrogens (tertiary/aromatic N) is 3. The third kappa shape index (κ3) is 3.20. The molecule has 1 atom stereocenters. The number of sulfonamides is 1. The second-order valence-electron chi connectivity index (χ2n) is 7.52. The highest BCUT2D eigenvalue weighted by Gasteiger charge is 2.56. The van der Waals surface area contributed by atoms with E-state index in [2.05, 4.69) is 5.32 Å². The number of piperazine rings is 1. The summed E-state index contributed by atoms with van der Waals surface area (Å²) in [6.07, 6.45) is 1.79. The van der Waals surface area contributed by atoms with Crippen LogP contribution in [-0.2, 0) is 19.6 Å². The highest BCUT2D eigenvalue weighted by atomic mass is 32.2. The minimum absolute atomic E-state index is 0.134. The normalized spacial score (nSPS) is 26.6. The maximum atomic E-state index is 12.6. The van der Waals surface area contributed by atoms with E-state index in [9.17, 15) is 22.8 Å². The average molecular weight is 427 g/mol. The van der Waals surface area contributed by atoms with Gasteiger partial charge < -0.3 is 10.2 Å². The molecule has 2 saturated heterocycles. The molecular formula is C17H22N4O5S2. The van der Waals surface area contributed by atoms with E-state index < -0.39 is 21.6 Å². The zero-order valence-electron chi connectivity index (χ0n) is 15.5. The molecule has 9 nitrogen and oxygen atoms in total. The number of urea groups is 1. The van der Waals surface area contributed by atoms with Crippen LogP contribution in [-0.4, -0.2) is 78.6 Å². The van der Waals surface area contributed by atoms with Crippen molar-refractivity contribution >= 4 is 39.2 Å². The summed E-state index contributed by atoms with van der Waals surface area (Å²) in [5, 5.41) is 4.43. The zero-order valence-corrected chi connectivity index (χ0v) is 17.1.